The molecule has 20 heavy (non-hydrogen) atoms. The molecule has 1 aromatic heterocycles. The van der Waals surface area contributed by atoms with E-state index in [1.54, 1.807) is 18.2 Å². The molecule has 0 aliphatic rings. The molecule has 0 saturated carbocycles. The maximum atomic E-state index is 12.7. The number of carbonyl (C=O) groups excluding carboxylic acids is 1. The second-order valence-corrected chi connectivity index (χ2v) is 6.44. The number of benzene rings is 2. The van der Waals surface area contributed by atoms with Crippen LogP contribution in [-0.4, -0.2) is 5.78 Å². The molecule has 2 N–H and O–H groups in total. The summed E-state index contributed by atoms with van der Waals surface area (Å²) in [5.41, 5.74) is 7.29. The van der Waals surface area contributed by atoms with Gasteiger partial charge in [-0.15, -0.1) is 11.3 Å². The fourth-order valence-electron chi connectivity index (χ4n) is 2.11. The Bertz CT molecular complexity index is 808. The van der Waals surface area contributed by atoms with Crippen molar-refractivity contribution in [1.82, 2.24) is 0 Å². The quantitative estimate of drug-likeness (QED) is 0.504. The van der Waals surface area contributed by atoms with Crippen LogP contribution in [0, 0.1) is 0 Å². The number of hydrogen-bond acceptors (Lipinski definition) is 3. The Kier molecular flexibility index (Phi) is 3.54. The molecule has 2 aromatic carbocycles. The van der Waals surface area contributed by atoms with Gasteiger partial charge in [0.05, 0.1) is 10.6 Å². The Balaban J connectivity index is 2.21. The van der Waals surface area contributed by atoms with Crippen LogP contribution >= 0.6 is 38.9 Å². The van der Waals surface area contributed by atoms with Crippen LogP contribution < -0.4 is 5.73 Å². The van der Waals surface area contributed by atoms with Gasteiger partial charge in [-0.3, -0.25) is 4.79 Å². The summed E-state index contributed by atoms with van der Waals surface area (Å²) in [5, 5.41) is 3.14. The summed E-state index contributed by atoms with van der Waals surface area (Å²) in [4.78, 5) is 12.7. The first-order chi connectivity index (χ1) is 9.59. The SMILES string of the molecule is Nc1cccc(Cl)c1C(=O)c1csc2c(Br)cccc12. The van der Waals surface area contributed by atoms with Crippen molar-refractivity contribution in [3.05, 3.63) is 62.4 Å². The lowest BCUT2D eigenvalue weighted by Crippen LogP contribution is -2.05. The first kappa shape index (κ1) is 13.6. The molecule has 0 atom stereocenters. The van der Waals surface area contributed by atoms with Crippen LogP contribution in [0.4, 0.5) is 5.69 Å². The number of anilines is 1. The summed E-state index contributed by atoms with van der Waals surface area (Å²) in [5.74, 6) is -0.141. The van der Waals surface area contributed by atoms with Gasteiger partial charge in [-0.2, -0.15) is 0 Å². The number of halogens is 2. The lowest BCUT2D eigenvalue weighted by molar-refractivity contribution is 0.104. The van der Waals surface area contributed by atoms with Crippen molar-refractivity contribution in [2.45, 2.75) is 0 Å². The molecule has 0 unspecified atom stereocenters. The van der Waals surface area contributed by atoms with Crippen molar-refractivity contribution in [3.8, 4) is 0 Å². The van der Waals surface area contributed by atoms with E-state index in [-0.39, 0.29) is 5.78 Å². The molecule has 100 valence electrons. The average molecular weight is 367 g/mol. The van der Waals surface area contributed by atoms with E-state index in [4.69, 9.17) is 17.3 Å². The molecule has 0 amide bonds. The molecule has 0 bridgehead atoms. The summed E-state index contributed by atoms with van der Waals surface area (Å²) in [7, 11) is 0. The number of hydrogen-bond donors (Lipinski definition) is 1. The first-order valence-corrected chi connectivity index (χ1v) is 7.89. The normalized spacial score (nSPS) is 10.9. The van der Waals surface area contributed by atoms with Gasteiger partial charge in [-0.05, 0) is 34.1 Å². The average Bonchev–Trinajstić information content (AvgIpc) is 2.83. The Morgan fingerprint density at radius 2 is 1.95 bits per heavy atom. The minimum absolute atomic E-state index is 0.141. The molecule has 0 fully saturated rings. The zero-order valence-corrected chi connectivity index (χ0v) is 13.3. The van der Waals surface area contributed by atoms with Crippen molar-refractivity contribution >= 4 is 60.4 Å². The highest BCUT2D eigenvalue weighted by atomic mass is 79.9. The number of thiophene rings is 1. The smallest absolute Gasteiger partial charge is 0.198 e. The minimum Gasteiger partial charge on any atom is -0.398 e. The molecule has 1 heterocycles. The molecule has 3 aromatic rings. The monoisotopic (exact) mass is 365 g/mol. The standard InChI is InChI=1S/C15H9BrClNOS/c16-10-4-1-3-8-9(7-20-15(8)10)14(19)13-11(17)5-2-6-12(13)18/h1-7H,18H2. The van der Waals surface area contributed by atoms with Crippen LogP contribution in [0.1, 0.15) is 15.9 Å². The van der Waals surface area contributed by atoms with Gasteiger partial charge in [-0.25, -0.2) is 0 Å². The van der Waals surface area contributed by atoms with Gasteiger partial charge in [-0.1, -0.05) is 29.8 Å². The summed E-state index contributed by atoms with van der Waals surface area (Å²) in [6, 6.07) is 10.9. The topological polar surface area (TPSA) is 43.1 Å². The molecule has 3 rings (SSSR count). The van der Waals surface area contributed by atoms with Crippen LogP contribution in [0.2, 0.25) is 5.02 Å². The lowest BCUT2D eigenvalue weighted by Gasteiger charge is -2.06. The fraction of sp³-hybridized carbons (Fsp3) is 0. The molecule has 0 aliphatic heterocycles. The van der Waals surface area contributed by atoms with Crippen molar-refractivity contribution in [2.75, 3.05) is 5.73 Å². The van der Waals surface area contributed by atoms with Gasteiger partial charge in [0.2, 0.25) is 0 Å². The van der Waals surface area contributed by atoms with E-state index in [0.29, 0.717) is 21.8 Å². The highest BCUT2D eigenvalue weighted by Gasteiger charge is 2.19. The van der Waals surface area contributed by atoms with Gasteiger partial charge in [0.15, 0.2) is 5.78 Å². The second kappa shape index (κ2) is 5.20. The molecular formula is C15H9BrClNOS. The van der Waals surface area contributed by atoms with E-state index in [0.717, 1.165) is 14.6 Å². The molecule has 2 nitrogen and oxygen atoms in total. The zero-order chi connectivity index (χ0) is 14.3. The Morgan fingerprint density at radius 1 is 1.20 bits per heavy atom. The van der Waals surface area contributed by atoms with E-state index in [1.807, 2.05) is 23.6 Å². The number of rotatable bonds is 2. The van der Waals surface area contributed by atoms with Gasteiger partial charge < -0.3 is 5.73 Å². The number of nitrogen functional groups attached to an aromatic ring is 1. The van der Waals surface area contributed by atoms with Gasteiger partial charge in [0.1, 0.15) is 0 Å². The third-order valence-corrected chi connectivity index (χ3v) is 5.34. The van der Waals surface area contributed by atoms with Crippen molar-refractivity contribution < 1.29 is 4.79 Å². The van der Waals surface area contributed by atoms with E-state index >= 15 is 0 Å². The van der Waals surface area contributed by atoms with Crippen LogP contribution in [0.15, 0.2) is 46.3 Å². The highest BCUT2D eigenvalue weighted by molar-refractivity contribution is 9.10. The maximum absolute atomic E-state index is 12.7. The lowest BCUT2D eigenvalue weighted by atomic mass is 10.0. The molecule has 0 saturated heterocycles. The number of carbonyl (C=O) groups is 1. The molecule has 0 aliphatic carbocycles. The van der Waals surface area contributed by atoms with Crippen molar-refractivity contribution in [1.29, 1.82) is 0 Å². The third-order valence-electron chi connectivity index (χ3n) is 3.07. The second-order valence-electron chi connectivity index (χ2n) is 4.30. The highest BCUT2D eigenvalue weighted by Crippen LogP contribution is 2.35. The van der Waals surface area contributed by atoms with E-state index in [9.17, 15) is 4.79 Å². The van der Waals surface area contributed by atoms with Crippen LogP contribution in [0.3, 0.4) is 0 Å². The minimum atomic E-state index is -0.141. The van der Waals surface area contributed by atoms with E-state index < -0.39 is 0 Å². The molecule has 0 spiro atoms. The Morgan fingerprint density at radius 3 is 2.70 bits per heavy atom. The summed E-state index contributed by atoms with van der Waals surface area (Å²) >= 11 is 11.1. The fourth-order valence-corrected chi connectivity index (χ4v) is 3.98. The number of ketones is 1. The molecular weight excluding hydrogens is 358 g/mol. The molecule has 0 radical (unpaired) electrons. The predicted molar refractivity (Wildman–Crippen MR) is 88.8 cm³/mol. The van der Waals surface area contributed by atoms with Gasteiger partial charge >= 0.3 is 0 Å². The van der Waals surface area contributed by atoms with E-state index in [2.05, 4.69) is 15.9 Å². The summed E-state index contributed by atoms with van der Waals surface area (Å²) in [6.45, 7) is 0. The van der Waals surface area contributed by atoms with Gasteiger partial charge in [0, 0.05) is 31.2 Å². The van der Waals surface area contributed by atoms with Crippen molar-refractivity contribution in [2.24, 2.45) is 0 Å². The van der Waals surface area contributed by atoms with E-state index in [1.165, 1.54) is 11.3 Å². The largest absolute Gasteiger partial charge is 0.398 e. The van der Waals surface area contributed by atoms with Gasteiger partial charge in [0.25, 0.3) is 0 Å². The number of fused-ring (bicyclic) bond motifs is 1. The summed E-state index contributed by atoms with van der Waals surface area (Å²) in [6.07, 6.45) is 0. The maximum Gasteiger partial charge on any atom is 0.198 e. The molecule has 5 heteroatoms. The van der Waals surface area contributed by atoms with Crippen LogP contribution in [0.5, 0.6) is 0 Å². The summed E-state index contributed by atoms with van der Waals surface area (Å²) < 4.78 is 2.02. The zero-order valence-electron chi connectivity index (χ0n) is 10.2. The number of nitrogens with two attached hydrogens (primary N) is 1. The Hall–Kier alpha value is -1.36. The van der Waals surface area contributed by atoms with Crippen LogP contribution in [-0.2, 0) is 0 Å². The predicted octanol–water partition coefficient (Wildman–Crippen LogP) is 5.13. The van der Waals surface area contributed by atoms with Crippen LogP contribution in [0.25, 0.3) is 10.1 Å². The third kappa shape index (κ3) is 2.14. The van der Waals surface area contributed by atoms with Crippen molar-refractivity contribution in [3.63, 3.8) is 0 Å². The Labute approximate surface area is 133 Å². The first-order valence-electron chi connectivity index (χ1n) is 5.84.